The number of carbonyl (C=O) groups is 2. The molecule has 0 bridgehead atoms. The average molecular weight is 335 g/mol. The van der Waals surface area contributed by atoms with Crippen molar-refractivity contribution >= 4 is 11.8 Å². The summed E-state index contributed by atoms with van der Waals surface area (Å²) < 4.78 is 5.23. The van der Waals surface area contributed by atoms with Crippen LogP contribution in [0.4, 0.5) is 0 Å². The third-order valence-electron chi connectivity index (χ3n) is 4.19. The van der Waals surface area contributed by atoms with Crippen molar-refractivity contribution in [1.82, 2.24) is 15.1 Å². The highest BCUT2D eigenvalue weighted by Crippen LogP contribution is 2.18. The molecule has 0 aliphatic carbocycles. The van der Waals surface area contributed by atoms with E-state index in [-0.39, 0.29) is 31.4 Å². The maximum absolute atomic E-state index is 12.2. The van der Waals surface area contributed by atoms with Crippen LogP contribution in [0.2, 0.25) is 0 Å². The number of amides is 2. The summed E-state index contributed by atoms with van der Waals surface area (Å²) >= 11 is 0. The number of hydrogen-bond donors (Lipinski definition) is 2. The van der Waals surface area contributed by atoms with Crippen LogP contribution in [-0.4, -0.2) is 73.2 Å². The highest BCUT2D eigenvalue weighted by atomic mass is 16.5. The molecule has 0 radical (unpaired) electrons. The standard InChI is InChI=1S/C17H25N3O4/c1-19(8-9-21)16(22)11-15-17(23)18-6-7-20(15)12-13-4-3-5-14(10-13)24-2/h3-5,10,15,21H,6-9,11-12H2,1-2H3,(H,18,23). The number of piperazine rings is 1. The van der Waals surface area contributed by atoms with Crippen LogP contribution in [0.1, 0.15) is 12.0 Å². The number of aliphatic hydroxyl groups excluding tert-OH is 1. The number of nitrogens with zero attached hydrogens (tertiary/aromatic N) is 2. The molecule has 2 N–H and O–H groups in total. The van der Waals surface area contributed by atoms with Gasteiger partial charge in [-0.25, -0.2) is 0 Å². The lowest BCUT2D eigenvalue weighted by molar-refractivity contribution is -0.138. The number of likely N-dealkylation sites (N-methyl/N-ethyl adjacent to an activating group) is 1. The molecular weight excluding hydrogens is 310 g/mol. The van der Waals surface area contributed by atoms with Gasteiger partial charge >= 0.3 is 0 Å². The molecule has 1 aliphatic rings. The summed E-state index contributed by atoms with van der Waals surface area (Å²) in [5.41, 5.74) is 1.03. The topological polar surface area (TPSA) is 82.1 Å². The minimum absolute atomic E-state index is 0.0906. The lowest BCUT2D eigenvalue weighted by Crippen LogP contribution is -2.56. The predicted octanol–water partition coefficient (Wildman–Crippen LogP) is -0.164. The van der Waals surface area contributed by atoms with Gasteiger partial charge in [-0.2, -0.15) is 0 Å². The third-order valence-corrected chi connectivity index (χ3v) is 4.19. The number of nitrogens with one attached hydrogen (secondary N) is 1. The second-order valence-electron chi connectivity index (χ2n) is 5.87. The Morgan fingerprint density at radius 3 is 3.00 bits per heavy atom. The molecule has 1 aromatic rings. The van der Waals surface area contributed by atoms with E-state index in [9.17, 15) is 9.59 Å². The van der Waals surface area contributed by atoms with E-state index in [0.717, 1.165) is 11.3 Å². The Morgan fingerprint density at radius 1 is 1.50 bits per heavy atom. The summed E-state index contributed by atoms with van der Waals surface area (Å²) in [6, 6.07) is 7.19. The lowest BCUT2D eigenvalue weighted by atomic mass is 10.1. The molecule has 1 aliphatic heterocycles. The highest BCUT2D eigenvalue weighted by molar-refractivity contribution is 5.88. The number of benzene rings is 1. The van der Waals surface area contributed by atoms with Crippen molar-refractivity contribution < 1.29 is 19.4 Å². The van der Waals surface area contributed by atoms with Gasteiger partial charge in [0.25, 0.3) is 0 Å². The fraction of sp³-hybridized carbons (Fsp3) is 0.529. The van der Waals surface area contributed by atoms with Crippen LogP contribution in [0.25, 0.3) is 0 Å². The molecule has 1 aromatic carbocycles. The Kier molecular flexibility index (Phi) is 6.57. The molecule has 7 nitrogen and oxygen atoms in total. The summed E-state index contributed by atoms with van der Waals surface area (Å²) in [7, 11) is 3.25. The second-order valence-corrected chi connectivity index (χ2v) is 5.87. The molecule has 7 heteroatoms. The van der Waals surface area contributed by atoms with E-state index < -0.39 is 6.04 Å². The molecule has 1 unspecified atom stereocenters. The summed E-state index contributed by atoms with van der Waals surface area (Å²) in [6.45, 7) is 2.01. The molecule has 1 heterocycles. The first-order chi connectivity index (χ1) is 11.5. The Labute approximate surface area is 142 Å². The Hall–Kier alpha value is -2.12. The maximum Gasteiger partial charge on any atom is 0.237 e. The number of carbonyl (C=O) groups excluding carboxylic acids is 2. The minimum Gasteiger partial charge on any atom is -0.497 e. The number of aliphatic hydroxyl groups is 1. The van der Waals surface area contributed by atoms with Crippen LogP contribution in [-0.2, 0) is 16.1 Å². The van der Waals surface area contributed by atoms with Crippen LogP contribution in [0, 0.1) is 0 Å². The van der Waals surface area contributed by atoms with Gasteiger partial charge in [0.1, 0.15) is 5.75 Å². The smallest absolute Gasteiger partial charge is 0.237 e. The second kappa shape index (κ2) is 8.65. The summed E-state index contributed by atoms with van der Waals surface area (Å²) in [6.07, 6.45) is 0.103. The molecule has 0 spiro atoms. The normalized spacial score (nSPS) is 18.1. The van der Waals surface area contributed by atoms with Crippen molar-refractivity contribution in [3.8, 4) is 5.75 Å². The van der Waals surface area contributed by atoms with Crippen molar-refractivity contribution in [2.75, 3.05) is 40.4 Å². The fourth-order valence-corrected chi connectivity index (χ4v) is 2.77. The fourth-order valence-electron chi connectivity index (χ4n) is 2.77. The minimum atomic E-state index is -0.501. The third kappa shape index (κ3) is 4.69. The van der Waals surface area contributed by atoms with E-state index in [4.69, 9.17) is 9.84 Å². The van der Waals surface area contributed by atoms with E-state index in [2.05, 4.69) is 5.32 Å². The van der Waals surface area contributed by atoms with E-state index in [0.29, 0.717) is 19.6 Å². The van der Waals surface area contributed by atoms with Crippen molar-refractivity contribution in [1.29, 1.82) is 0 Å². The van der Waals surface area contributed by atoms with Gasteiger partial charge in [0.2, 0.25) is 11.8 Å². The van der Waals surface area contributed by atoms with Crippen molar-refractivity contribution in [2.45, 2.75) is 19.0 Å². The van der Waals surface area contributed by atoms with Gasteiger partial charge in [-0.15, -0.1) is 0 Å². The molecule has 0 saturated carbocycles. The highest BCUT2D eigenvalue weighted by Gasteiger charge is 2.32. The Bertz CT molecular complexity index is 579. The molecule has 1 saturated heterocycles. The number of ether oxygens (including phenoxy) is 1. The van der Waals surface area contributed by atoms with E-state index in [1.807, 2.05) is 29.2 Å². The van der Waals surface area contributed by atoms with Gasteiger partial charge in [0.05, 0.1) is 26.2 Å². The molecule has 1 atom stereocenters. The zero-order valence-electron chi connectivity index (χ0n) is 14.2. The van der Waals surface area contributed by atoms with Gasteiger partial charge in [0.15, 0.2) is 0 Å². The molecule has 2 amide bonds. The van der Waals surface area contributed by atoms with Gasteiger partial charge in [0, 0.05) is 33.2 Å². The zero-order chi connectivity index (χ0) is 17.5. The predicted molar refractivity (Wildman–Crippen MR) is 89.5 cm³/mol. The summed E-state index contributed by atoms with van der Waals surface area (Å²) in [5.74, 6) is 0.487. The maximum atomic E-state index is 12.2. The van der Waals surface area contributed by atoms with Gasteiger partial charge in [-0.05, 0) is 17.7 Å². The van der Waals surface area contributed by atoms with Crippen molar-refractivity contribution in [2.24, 2.45) is 0 Å². The Balaban J connectivity index is 2.07. The monoisotopic (exact) mass is 335 g/mol. The van der Waals surface area contributed by atoms with E-state index >= 15 is 0 Å². The first-order valence-electron chi connectivity index (χ1n) is 8.04. The van der Waals surface area contributed by atoms with Crippen LogP contribution in [0.3, 0.4) is 0 Å². The number of rotatable bonds is 7. The van der Waals surface area contributed by atoms with Crippen molar-refractivity contribution in [3.63, 3.8) is 0 Å². The lowest BCUT2D eigenvalue weighted by Gasteiger charge is -2.35. The van der Waals surface area contributed by atoms with E-state index in [1.54, 1.807) is 14.2 Å². The first kappa shape index (κ1) is 18.2. The summed E-state index contributed by atoms with van der Waals surface area (Å²) in [5, 5.41) is 11.8. The Morgan fingerprint density at radius 2 is 2.29 bits per heavy atom. The quantitative estimate of drug-likeness (QED) is 0.723. The molecule has 0 aromatic heterocycles. The average Bonchev–Trinajstić information content (AvgIpc) is 2.58. The van der Waals surface area contributed by atoms with Gasteiger partial charge in [-0.3, -0.25) is 14.5 Å². The van der Waals surface area contributed by atoms with Gasteiger partial charge < -0.3 is 20.1 Å². The van der Waals surface area contributed by atoms with Crippen LogP contribution in [0.5, 0.6) is 5.75 Å². The van der Waals surface area contributed by atoms with Crippen LogP contribution >= 0.6 is 0 Å². The SMILES string of the molecule is COc1cccc(CN2CCNC(=O)C2CC(=O)N(C)CCO)c1. The van der Waals surface area contributed by atoms with Crippen LogP contribution < -0.4 is 10.1 Å². The largest absolute Gasteiger partial charge is 0.497 e. The number of methoxy groups -OCH3 is 1. The van der Waals surface area contributed by atoms with Gasteiger partial charge in [-0.1, -0.05) is 12.1 Å². The molecule has 132 valence electrons. The summed E-state index contributed by atoms with van der Waals surface area (Å²) in [4.78, 5) is 27.9. The first-order valence-corrected chi connectivity index (χ1v) is 8.04. The zero-order valence-corrected chi connectivity index (χ0v) is 14.2. The molecule has 2 rings (SSSR count). The molecule has 24 heavy (non-hydrogen) atoms. The molecular formula is C17H25N3O4. The number of hydrogen-bond acceptors (Lipinski definition) is 5. The van der Waals surface area contributed by atoms with Crippen molar-refractivity contribution in [3.05, 3.63) is 29.8 Å². The van der Waals surface area contributed by atoms with Crippen LogP contribution in [0.15, 0.2) is 24.3 Å². The molecule has 1 fully saturated rings. The van der Waals surface area contributed by atoms with E-state index in [1.165, 1.54) is 4.90 Å².